The van der Waals surface area contributed by atoms with Crippen LogP contribution in [0.5, 0.6) is 0 Å². The highest BCUT2D eigenvalue weighted by Gasteiger charge is 2.09. The van der Waals surface area contributed by atoms with Crippen molar-refractivity contribution in [3.05, 3.63) is 69.7 Å². The molecule has 4 nitrogen and oxygen atoms in total. The van der Waals surface area contributed by atoms with Gasteiger partial charge in [-0.3, -0.25) is 0 Å². The Bertz CT molecular complexity index is 727. The van der Waals surface area contributed by atoms with E-state index in [2.05, 4.69) is 10.3 Å². The van der Waals surface area contributed by atoms with Crippen LogP contribution in [-0.4, -0.2) is 19.0 Å². The van der Waals surface area contributed by atoms with Crippen molar-refractivity contribution in [2.75, 3.05) is 7.11 Å². The third-order valence-corrected chi connectivity index (χ3v) is 3.60. The molecule has 0 aliphatic carbocycles. The van der Waals surface area contributed by atoms with Gasteiger partial charge in [0.05, 0.1) is 11.9 Å². The van der Waals surface area contributed by atoms with E-state index in [9.17, 15) is 0 Å². The Morgan fingerprint density at radius 1 is 1.22 bits per heavy atom. The molecule has 2 aromatic rings. The van der Waals surface area contributed by atoms with Crippen molar-refractivity contribution in [2.45, 2.75) is 20.5 Å². The first-order chi connectivity index (χ1) is 11.1. The molecule has 0 bridgehead atoms. The first-order valence-corrected chi connectivity index (χ1v) is 7.57. The molecule has 23 heavy (non-hydrogen) atoms. The fourth-order valence-electron chi connectivity index (χ4n) is 2.21. The molecular weight excluding hydrogens is 312 g/mol. The first kappa shape index (κ1) is 17.0. The molecule has 0 spiro atoms. The normalized spacial score (nSPS) is 11.7. The minimum atomic E-state index is 0.357. The molecule has 120 valence electrons. The van der Waals surface area contributed by atoms with Gasteiger partial charge in [-0.25, -0.2) is 0 Å². The van der Waals surface area contributed by atoms with E-state index in [0.29, 0.717) is 11.6 Å². The molecule has 0 saturated carbocycles. The van der Waals surface area contributed by atoms with Gasteiger partial charge in [-0.2, -0.15) is 0 Å². The molecule has 0 aliphatic heterocycles. The van der Waals surface area contributed by atoms with Crippen molar-refractivity contribution in [3.8, 4) is 0 Å². The number of hydrogen-bond acceptors (Lipinski definition) is 4. The van der Waals surface area contributed by atoms with Crippen LogP contribution in [0, 0.1) is 6.92 Å². The molecule has 5 heteroatoms. The summed E-state index contributed by atoms with van der Waals surface area (Å²) in [5.74, 6) is 0. The van der Waals surface area contributed by atoms with Crippen LogP contribution >= 0.6 is 11.6 Å². The maximum absolute atomic E-state index is 5.93. The number of halogens is 1. The van der Waals surface area contributed by atoms with Crippen LogP contribution in [0.1, 0.15) is 29.2 Å². The number of hydrogen-bond donors (Lipinski definition) is 0. The lowest BCUT2D eigenvalue weighted by Crippen LogP contribution is -2.04. The molecule has 2 aromatic carbocycles. The summed E-state index contributed by atoms with van der Waals surface area (Å²) >= 11 is 5.93. The Morgan fingerprint density at radius 3 is 2.74 bits per heavy atom. The Hall–Kier alpha value is -2.33. The summed E-state index contributed by atoms with van der Waals surface area (Å²) in [5.41, 5.74) is 4.83. The third kappa shape index (κ3) is 4.83. The molecule has 0 amide bonds. The predicted octanol–water partition coefficient (Wildman–Crippen LogP) is 4.57. The van der Waals surface area contributed by atoms with E-state index in [1.54, 1.807) is 6.21 Å². The van der Waals surface area contributed by atoms with E-state index in [-0.39, 0.29) is 0 Å². The van der Waals surface area contributed by atoms with Gasteiger partial charge in [0.2, 0.25) is 0 Å². The fraction of sp³-hybridized carbons (Fsp3) is 0.222. The van der Waals surface area contributed by atoms with Crippen molar-refractivity contribution < 1.29 is 9.68 Å². The van der Waals surface area contributed by atoms with Crippen LogP contribution in [0.3, 0.4) is 0 Å². The fourth-order valence-corrected chi connectivity index (χ4v) is 2.40. The van der Waals surface area contributed by atoms with Crippen molar-refractivity contribution in [1.29, 1.82) is 0 Å². The van der Waals surface area contributed by atoms with Gasteiger partial charge >= 0.3 is 0 Å². The topological polar surface area (TPSA) is 43.2 Å². The van der Waals surface area contributed by atoms with Gasteiger partial charge in [0.15, 0.2) is 0 Å². The van der Waals surface area contributed by atoms with Gasteiger partial charge in [0.25, 0.3) is 0 Å². The summed E-state index contributed by atoms with van der Waals surface area (Å²) in [5, 5.41) is 8.67. The lowest BCUT2D eigenvalue weighted by molar-refractivity contribution is 0.131. The van der Waals surface area contributed by atoms with Gasteiger partial charge in [-0.05, 0) is 37.1 Å². The maximum atomic E-state index is 5.93. The second-order valence-corrected chi connectivity index (χ2v) is 5.46. The van der Waals surface area contributed by atoms with Crippen LogP contribution in [0.2, 0.25) is 5.02 Å². The molecule has 0 aliphatic rings. The Morgan fingerprint density at radius 2 is 2.00 bits per heavy atom. The molecular formula is C18H19ClN2O2. The third-order valence-electron chi connectivity index (χ3n) is 3.36. The molecule has 0 radical (unpaired) electrons. The molecule has 0 atom stereocenters. The van der Waals surface area contributed by atoms with Crippen molar-refractivity contribution in [1.82, 2.24) is 0 Å². The molecule has 0 N–H and O–H groups in total. The number of oxime groups is 2. The van der Waals surface area contributed by atoms with Crippen molar-refractivity contribution in [3.63, 3.8) is 0 Å². The van der Waals surface area contributed by atoms with Crippen molar-refractivity contribution in [2.24, 2.45) is 10.3 Å². The monoisotopic (exact) mass is 330 g/mol. The summed E-state index contributed by atoms with van der Waals surface area (Å²) in [7, 11) is 1.53. The minimum Gasteiger partial charge on any atom is -0.399 e. The van der Waals surface area contributed by atoms with Gasteiger partial charge < -0.3 is 9.68 Å². The lowest BCUT2D eigenvalue weighted by Gasteiger charge is -2.11. The average molecular weight is 331 g/mol. The summed E-state index contributed by atoms with van der Waals surface area (Å²) in [6.45, 7) is 4.29. The molecule has 2 rings (SSSR count). The minimum absolute atomic E-state index is 0.357. The van der Waals surface area contributed by atoms with E-state index >= 15 is 0 Å². The SMILES string of the molecule is CO/N=C(/C)c1cccc(C)c1CO/N=C/c1cccc(Cl)c1. The highest BCUT2D eigenvalue weighted by molar-refractivity contribution is 6.30. The van der Waals surface area contributed by atoms with E-state index in [1.807, 2.05) is 56.3 Å². The number of rotatable bonds is 6. The van der Waals surface area contributed by atoms with Gasteiger partial charge in [-0.15, -0.1) is 0 Å². The summed E-state index contributed by atoms with van der Waals surface area (Å²) in [6.07, 6.45) is 1.64. The zero-order chi connectivity index (χ0) is 16.7. The van der Waals surface area contributed by atoms with E-state index in [4.69, 9.17) is 21.3 Å². The van der Waals surface area contributed by atoms with Gasteiger partial charge in [0, 0.05) is 16.1 Å². The Balaban J connectivity index is 2.10. The quantitative estimate of drug-likeness (QED) is 0.575. The van der Waals surface area contributed by atoms with Crippen LogP contribution in [-0.2, 0) is 16.3 Å². The smallest absolute Gasteiger partial charge is 0.143 e. The molecule has 0 aromatic heterocycles. The van der Waals surface area contributed by atoms with E-state index < -0.39 is 0 Å². The van der Waals surface area contributed by atoms with Gasteiger partial charge in [-0.1, -0.05) is 52.2 Å². The molecule has 0 unspecified atom stereocenters. The Labute approximate surface area is 141 Å². The summed E-state index contributed by atoms with van der Waals surface area (Å²) in [4.78, 5) is 10.3. The second-order valence-electron chi connectivity index (χ2n) is 5.02. The second kappa shape index (κ2) is 8.34. The number of nitrogens with zero attached hydrogens (tertiary/aromatic N) is 2. The maximum Gasteiger partial charge on any atom is 0.143 e. The van der Waals surface area contributed by atoms with Crippen LogP contribution in [0.15, 0.2) is 52.8 Å². The van der Waals surface area contributed by atoms with E-state index in [0.717, 1.165) is 28.0 Å². The predicted molar refractivity (Wildman–Crippen MR) is 94.2 cm³/mol. The van der Waals surface area contributed by atoms with Crippen molar-refractivity contribution >= 4 is 23.5 Å². The zero-order valence-electron chi connectivity index (χ0n) is 13.4. The standard InChI is InChI=1S/C18H19ClN2O2/c1-13-6-4-9-17(14(2)21-22-3)18(13)12-23-20-11-15-7-5-8-16(19)10-15/h4-11H,12H2,1-3H3/b20-11+,21-14-. The molecule has 0 fully saturated rings. The summed E-state index contributed by atoms with van der Waals surface area (Å²) in [6, 6.07) is 13.4. The van der Waals surface area contributed by atoms with Gasteiger partial charge in [0.1, 0.15) is 13.7 Å². The zero-order valence-corrected chi connectivity index (χ0v) is 14.2. The van der Waals surface area contributed by atoms with Crippen LogP contribution in [0.25, 0.3) is 0 Å². The largest absolute Gasteiger partial charge is 0.399 e. The van der Waals surface area contributed by atoms with Crippen LogP contribution in [0.4, 0.5) is 0 Å². The number of aryl methyl sites for hydroxylation is 1. The first-order valence-electron chi connectivity index (χ1n) is 7.19. The average Bonchev–Trinajstić information content (AvgIpc) is 2.53. The Kier molecular flexibility index (Phi) is 6.18. The lowest BCUT2D eigenvalue weighted by atomic mass is 10.00. The number of benzene rings is 2. The molecule has 0 saturated heterocycles. The summed E-state index contributed by atoms with van der Waals surface area (Å²) < 4.78 is 0. The highest BCUT2D eigenvalue weighted by atomic mass is 35.5. The van der Waals surface area contributed by atoms with Crippen LogP contribution < -0.4 is 0 Å². The van der Waals surface area contributed by atoms with E-state index in [1.165, 1.54) is 7.11 Å². The highest BCUT2D eigenvalue weighted by Crippen LogP contribution is 2.17. The molecule has 0 heterocycles.